The number of benzene rings is 1. The molecule has 1 aliphatic heterocycles. The quantitative estimate of drug-likeness (QED) is 0.675. The maximum absolute atomic E-state index is 12.7. The van der Waals surface area contributed by atoms with Crippen molar-refractivity contribution in [2.45, 2.75) is 26.4 Å². The van der Waals surface area contributed by atoms with Gasteiger partial charge in [0, 0.05) is 36.7 Å². The number of hydrogen-bond acceptors (Lipinski definition) is 2. The van der Waals surface area contributed by atoms with Gasteiger partial charge in [-0.05, 0) is 58.6 Å². The topological polar surface area (TPSA) is 38.4 Å². The summed E-state index contributed by atoms with van der Waals surface area (Å²) in [6, 6.07) is 9.83. The summed E-state index contributed by atoms with van der Waals surface area (Å²) in [7, 11) is 0. The fourth-order valence-corrected chi connectivity index (χ4v) is 3.71. The maximum Gasteiger partial charge on any atom is 0.289 e. The van der Waals surface area contributed by atoms with Gasteiger partial charge in [0.1, 0.15) is 0 Å². The van der Waals surface area contributed by atoms with Crippen LogP contribution >= 0.6 is 15.9 Å². The zero-order chi connectivity index (χ0) is 16.0. The average molecular weight is 373 g/mol. The maximum atomic E-state index is 12.7. The number of aromatic nitrogens is 1. The van der Waals surface area contributed by atoms with Crippen molar-refractivity contribution < 1.29 is 9.21 Å². The van der Waals surface area contributed by atoms with E-state index in [9.17, 15) is 4.79 Å². The summed E-state index contributed by atoms with van der Waals surface area (Å²) in [5.74, 6) is 0.329. The molecule has 2 aromatic heterocycles. The molecule has 0 fully saturated rings. The number of halogens is 1. The first-order chi connectivity index (χ1) is 11.2. The van der Waals surface area contributed by atoms with Gasteiger partial charge >= 0.3 is 0 Å². The molecule has 1 amide bonds. The molecule has 5 heteroatoms. The highest BCUT2D eigenvalue weighted by atomic mass is 79.9. The Labute approximate surface area is 142 Å². The molecule has 4 nitrogen and oxygen atoms in total. The van der Waals surface area contributed by atoms with Gasteiger partial charge in [-0.2, -0.15) is 0 Å². The van der Waals surface area contributed by atoms with Crippen LogP contribution in [0.4, 0.5) is 0 Å². The van der Waals surface area contributed by atoms with Crippen LogP contribution < -0.4 is 0 Å². The molecule has 118 valence electrons. The smallest absolute Gasteiger partial charge is 0.289 e. The lowest BCUT2D eigenvalue weighted by Gasteiger charge is -2.20. The zero-order valence-corrected chi connectivity index (χ0v) is 14.5. The van der Waals surface area contributed by atoms with Crippen LogP contribution in [-0.4, -0.2) is 21.9 Å². The van der Waals surface area contributed by atoms with Crippen molar-refractivity contribution in [2.75, 3.05) is 6.54 Å². The van der Waals surface area contributed by atoms with Gasteiger partial charge in [-0.25, -0.2) is 0 Å². The number of aryl methyl sites for hydroxylation is 1. The summed E-state index contributed by atoms with van der Waals surface area (Å²) in [6.45, 7) is 4.44. The Bertz CT molecular complexity index is 894. The summed E-state index contributed by atoms with van der Waals surface area (Å²) in [5, 5.41) is 1.31. The van der Waals surface area contributed by atoms with E-state index in [2.05, 4.69) is 51.8 Å². The number of furan rings is 1. The van der Waals surface area contributed by atoms with Gasteiger partial charge in [-0.15, -0.1) is 0 Å². The number of rotatable bonds is 2. The van der Waals surface area contributed by atoms with Crippen LogP contribution in [0.25, 0.3) is 10.9 Å². The Morgan fingerprint density at radius 3 is 2.87 bits per heavy atom. The van der Waals surface area contributed by atoms with Gasteiger partial charge in [-0.3, -0.25) is 4.79 Å². The summed E-state index contributed by atoms with van der Waals surface area (Å²) >= 11 is 3.26. The molecule has 3 heterocycles. The third-order valence-corrected chi connectivity index (χ3v) is 4.92. The summed E-state index contributed by atoms with van der Waals surface area (Å²) in [4.78, 5) is 14.6. The van der Waals surface area contributed by atoms with Crippen molar-refractivity contribution >= 4 is 32.7 Å². The minimum absolute atomic E-state index is 0.0544. The third kappa shape index (κ3) is 2.39. The standard InChI is InChI=1S/C18H17BrN2O2/c1-2-20-10-13-8-9-21(18(22)15-6-7-16(19)23-15)11-12-4-3-5-14(20)17(12)13/h3-7,10H,2,8-9,11H2,1H3. The van der Waals surface area contributed by atoms with Gasteiger partial charge in [0.25, 0.3) is 5.91 Å². The molecule has 23 heavy (non-hydrogen) atoms. The Morgan fingerprint density at radius 2 is 2.13 bits per heavy atom. The molecule has 0 radical (unpaired) electrons. The first-order valence-electron chi connectivity index (χ1n) is 7.81. The van der Waals surface area contributed by atoms with E-state index in [0.29, 0.717) is 23.5 Å². The summed E-state index contributed by atoms with van der Waals surface area (Å²) in [6.07, 6.45) is 3.10. The monoisotopic (exact) mass is 372 g/mol. The van der Waals surface area contributed by atoms with Crippen LogP contribution in [0.1, 0.15) is 28.6 Å². The van der Waals surface area contributed by atoms with Gasteiger partial charge < -0.3 is 13.9 Å². The Balaban J connectivity index is 1.73. The van der Waals surface area contributed by atoms with Crippen molar-refractivity contribution in [2.24, 2.45) is 0 Å². The van der Waals surface area contributed by atoms with E-state index in [4.69, 9.17) is 4.42 Å². The molecule has 0 atom stereocenters. The van der Waals surface area contributed by atoms with Crippen molar-refractivity contribution in [3.05, 3.63) is 58.1 Å². The number of carbonyl (C=O) groups is 1. The summed E-state index contributed by atoms with van der Waals surface area (Å²) in [5.41, 5.74) is 3.80. The SMILES string of the molecule is CCn1cc2c3c(cccc31)CN(C(=O)c1ccc(Br)o1)CC2. The van der Waals surface area contributed by atoms with E-state index in [1.54, 1.807) is 12.1 Å². The molecule has 0 unspecified atom stereocenters. The molecular weight excluding hydrogens is 356 g/mol. The first-order valence-corrected chi connectivity index (χ1v) is 8.61. The Hall–Kier alpha value is -2.01. The lowest BCUT2D eigenvalue weighted by atomic mass is 10.1. The van der Waals surface area contributed by atoms with Crippen LogP contribution in [0.2, 0.25) is 0 Å². The highest BCUT2D eigenvalue weighted by Gasteiger charge is 2.24. The number of carbonyl (C=O) groups excluding carboxylic acids is 1. The van der Waals surface area contributed by atoms with Crippen molar-refractivity contribution in [3.8, 4) is 0 Å². The summed E-state index contributed by atoms with van der Waals surface area (Å²) < 4.78 is 8.30. The van der Waals surface area contributed by atoms with Gasteiger partial charge in [0.15, 0.2) is 10.4 Å². The molecule has 3 aromatic rings. The van der Waals surface area contributed by atoms with E-state index >= 15 is 0 Å². The van der Waals surface area contributed by atoms with Crippen molar-refractivity contribution in [1.82, 2.24) is 9.47 Å². The molecule has 0 aliphatic carbocycles. The van der Waals surface area contributed by atoms with E-state index in [1.165, 1.54) is 22.0 Å². The second-order valence-corrected chi connectivity index (χ2v) is 6.61. The normalized spacial score (nSPS) is 14.3. The Kier molecular flexibility index (Phi) is 3.53. The van der Waals surface area contributed by atoms with Crippen LogP contribution in [0.15, 0.2) is 45.6 Å². The molecule has 0 spiro atoms. The molecule has 1 aromatic carbocycles. The molecular formula is C18H17BrN2O2. The number of nitrogens with zero attached hydrogens (tertiary/aromatic N) is 2. The van der Waals surface area contributed by atoms with Gasteiger partial charge in [0.05, 0.1) is 0 Å². The van der Waals surface area contributed by atoms with E-state index in [0.717, 1.165) is 13.0 Å². The Morgan fingerprint density at radius 1 is 1.26 bits per heavy atom. The number of amides is 1. The molecule has 0 N–H and O–H groups in total. The molecule has 4 rings (SSSR count). The van der Waals surface area contributed by atoms with Crippen LogP contribution in [0.3, 0.4) is 0 Å². The largest absolute Gasteiger partial charge is 0.444 e. The van der Waals surface area contributed by atoms with Crippen LogP contribution in [-0.2, 0) is 19.5 Å². The minimum atomic E-state index is -0.0544. The average Bonchev–Trinajstić information content (AvgIpc) is 3.09. The fraction of sp³-hybridized carbons (Fsp3) is 0.278. The second kappa shape index (κ2) is 5.57. The third-order valence-electron chi connectivity index (χ3n) is 4.50. The van der Waals surface area contributed by atoms with Gasteiger partial charge in [-0.1, -0.05) is 12.1 Å². The van der Waals surface area contributed by atoms with Crippen molar-refractivity contribution in [3.63, 3.8) is 0 Å². The van der Waals surface area contributed by atoms with E-state index < -0.39 is 0 Å². The predicted molar refractivity (Wildman–Crippen MR) is 92.5 cm³/mol. The molecule has 0 saturated heterocycles. The zero-order valence-electron chi connectivity index (χ0n) is 12.9. The minimum Gasteiger partial charge on any atom is -0.444 e. The number of hydrogen-bond donors (Lipinski definition) is 0. The lowest BCUT2D eigenvalue weighted by molar-refractivity contribution is 0.0714. The lowest BCUT2D eigenvalue weighted by Crippen LogP contribution is -2.31. The van der Waals surface area contributed by atoms with Gasteiger partial charge in [0.2, 0.25) is 0 Å². The second-order valence-electron chi connectivity index (χ2n) is 5.83. The first kappa shape index (κ1) is 14.6. The van der Waals surface area contributed by atoms with E-state index in [1.807, 2.05) is 4.90 Å². The predicted octanol–water partition coefficient (Wildman–Crippen LogP) is 4.22. The molecule has 0 bridgehead atoms. The highest BCUT2D eigenvalue weighted by Crippen LogP contribution is 2.30. The highest BCUT2D eigenvalue weighted by molar-refractivity contribution is 9.10. The van der Waals surface area contributed by atoms with Crippen molar-refractivity contribution in [1.29, 1.82) is 0 Å². The fourth-order valence-electron chi connectivity index (χ4n) is 3.40. The molecule has 1 aliphatic rings. The van der Waals surface area contributed by atoms with Crippen LogP contribution in [0.5, 0.6) is 0 Å². The molecule has 0 saturated carbocycles. The van der Waals surface area contributed by atoms with Crippen LogP contribution in [0, 0.1) is 0 Å². The van der Waals surface area contributed by atoms with E-state index in [-0.39, 0.29) is 5.91 Å².